The highest BCUT2D eigenvalue weighted by Gasteiger charge is 2.23. The van der Waals surface area contributed by atoms with Crippen molar-refractivity contribution in [2.24, 2.45) is 0 Å². The minimum atomic E-state index is 0.0457. The summed E-state index contributed by atoms with van der Waals surface area (Å²) in [4.78, 5) is 14.4. The Kier molecular flexibility index (Phi) is 5.37. The summed E-state index contributed by atoms with van der Waals surface area (Å²) in [7, 11) is 0. The number of rotatable bonds is 4. The van der Waals surface area contributed by atoms with Crippen LogP contribution in [0.2, 0.25) is 0 Å². The first kappa shape index (κ1) is 16.0. The molecule has 0 aromatic heterocycles. The van der Waals surface area contributed by atoms with Crippen molar-refractivity contribution in [3.8, 4) is 0 Å². The lowest BCUT2D eigenvalue weighted by Gasteiger charge is -2.34. The molecule has 1 heterocycles. The number of morpholine rings is 1. The number of anilines is 1. The van der Waals surface area contributed by atoms with Gasteiger partial charge in [0.1, 0.15) is 0 Å². The summed E-state index contributed by atoms with van der Waals surface area (Å²) in [6.07, 6.45) is 0.369. The molecule has 1 aromatic carbocycles. The highest BCUT2D eigenvalue weighted by atomic mass is 16.5. The van der Waals surface area contributed by atoms with E-state index in [1.807, 2.05) is 18.2 Å². The molecule has 1 aromatic rings. The van der Waals surface area contributed by atoms with Crippen LogP contribution in [0.4, 0.5) is 5.69 Å². The Hall–Kier alpha value is -1.39. The number of nitrogens with zero attached hydrogens (tertiary/aromatic N) is 1. The molecule has 2 rings (SSSR count). The van der Waals surface area contributed by atoms with Crippen molar-refractivity contribution >= 4 is 11.6 Å². The van der Waals surface area contributed by atoms with Crippen molar-refractivity contribution in [3.63, 3.8) is 0 Å². The van der Waals surface area contributed by atoms with E-state index >= 15 is 0 Å². The Bertz CT molecular complexity index is 477. The Balaban J connectivity index is 1.96. The normalized spacial score (nSPS) is 23.3. The van der Waals surface area contributed by atoms with E-state index in [-0.39, 0.29) is 18.1 Å². The van der Waals surface area contributed by atoms with Crippen LogP contribution in [-0.2, 0) is 9.53 Å². The number of carbonyl (C=O) groups excluding carboxylic acids is 1. The van der Waals surface area contributed by atoms with Gasteiger partial charge in [-0.05, 0) is 31.4 Å². The van der Waals surface area contributed by atoms with E-state index < -0.39 is 0 Å². The summed E-state index contributed by atoms with van der Waals surface area (Å²) in [6.45, 7) is 10.4. The summed E-state index contributed by atoms with van der Waals surface area (Å²) in [5.41, 5.74) is 2.10. The zero-order chi connectivity index (χ0) is 15.4. The molecule has 0 radical (unpaired) electrons. The SMILES string of the molecule is CC(C)c1ccccc1NC(=O)CN1C[C@@H](C)O[C@H](C)C1. The Morgan fingerprint density at radius 3 is 2.52 bits per heavy atom. The highest BCUT2D eigenvalue weighted by Crippen LogP contribution is 2.23. The van der Waals surface area contributed by atoms with Crippen LogP contribution in [0.15, 0.2) is 24.3 Å². The molecular formula is C17H26N2O2. The molecule has 1 aliphatic rings. The molecule has 1 N–H and O–H groups in total. The molecule has 116 valence electrons. The fraction of sp³-hybridized carbons (Fsp3) is 0.588. The quantitative estimate of drug-likeness (QED) is 0.927. The first-order chi connectivity index (χ1) is 9.95. The van der Waals surface area contributed by atoms with E-state index in [1.165, 1.54) is 5.56 Å². The Morgan fingerprint density at radius 1 is 1.29 bits per heavy atom. The van der Waals surface area contributed by atoms with Crippen LogP contribution in [-0.4, -0.2) is 42.6 Å². The number of benzene rings is 1. The maximum Gasteiger partial charge on any atom is 0.238 e. The number of para-hydroxylation sites is 1. The van der Waals surface area contributed by atoms with Gasteiger partial charge in [-0.2, -0.15) is 0 Å². The predicted molar refractivity (Wildman–Crippen MR) is 85.6 cm³/mol. The molecule has 1 saturated heterocycles. The van der Waals surface area contributed by atoms with Crippen LogP contribution in [0, 0.1) is 0 Å². The van der Waals surface area contributed by atoms with Crippen LogP contribution in [0.3, 0.4) is 0 Å². The van der Waals surface area contributed by atoms with Crippen molar-refractivity contribution in [1.29, 1.82) is 0 Å². The summed E-state index contributed by atoms with van der Waals surface area (Å²) < 4.78 is 5.69. The van der Waals surface area contributed by atoms with E-state index in [1.54, 1.807) is 0 Å². The zero-order valence-electron chi connectivity index (χ0n) is 13.4. The maximum atomic E-state index is 12.3. The maximum absolute atomic E-state index is 12.3. The lowest BCUT2D eigenvalue weighted by Crippen LogP contribution is -2.48. The summed E-state index contributed by atoms with van der Waals surface area (Å²) >= 11 is 0. The van der Waals surface area contributed by atoms with Crippen LogP contribution in [0.25, 0.3) is 0 Å². The number of nitrogens with one attached hydrogen (secondary N) is 1. The lowest BCUT2D eigenvalue weighted by molar-refractivity contribution is -0.121. The van der Waals surface area contributed by atoms with Gasteiger partial charge in [0, 0.05) is 18.8 Å². The van der Waals surface area contributed by atoms with Crippen LogP contribution in [0.5, 0.6) is 0 Å². The fourth-order valence-electron chi connectivity index (χ4n) is 2.92. The van der Waals surface area contributed by atoms with Gasteiger partial charge >= 0.3 is 0 Å². The van der Waals surface area contributed by atoms with Crippen molar-refractivity contribution in [2.75, 3.05) is 25.0 Å². The van der Waals surface area contributed by atoms with Gasteiger partial charge in [0.05, 0.1) is 18.8 Å². The first-order valence-electron chi connectivity index (χ1n) is 7.72. The molecule has 1 amide bonds. The molecule has 2 atom stereocenters. The standard InChI is InChI=1S/C17H26N2O2/c1-12(2)15-7-5-6-8-16(15)18-17(20)11-19-9-13(3)21-14(4)10-19/h5-8,12-14H,9-11H2,1-4H3,(H,18,20)/t13-,14-/m1/s1. The van der Waals surface area contributed by atoms with Crippen molar-refractivity contribution < 1.29 is 9.53 Å². The number of carbonyl (C=O) groups is 1. The highest BCUT2D eigenvalue weighted by molar-refractivity contribution is 5.93. The van der Waals surface area contributed by atoms with Gasteiger partial charge in [0.15, 0.2) is 0 Å². The molecule has 4 nitrogen and oxygen atoms in total. The van der Waals surface area contributed by atoms with Gasteiger partial charge < -0.3 is 10.1 Å². The molecule has 0 saturated carbocycles. The minimum Gasteiger partial charge on any atom is -0.373 e. The van der Waals surface area contributed by atoms with Crippen LogP contribution in [0.1, 0.15) is 39.2 Å². The van der Waals surface area contributed by atoms with Gasteiger partial charge in [-0.1, -0.05) is 32.0 Å². The van der Waals surface area contributed by atoms with Crippen LogP contribution < -0.4 is 5.32 Å². The molecule has 0 bridgehead atoms. The average molecular weight is 290 g/mol. The third kappa shape index (κ3) is 4.55. The van der Waals surface area contributed by atoms with Gasteiger partial charge in [-0.15, -0.1) is 0 Å². The van der Waals surface area contributed by atoms with Crippen molar-refractivity contribution in [3.05, 3.63) is 29.8 Å². The topological polar surface area (TPSA) is 41.6 Å². The molecule has 21 heavy (non-hydrogen) atoms. The number of ether oxygens (including phenoxy) is 1. The number of hydrogen-bond donors (Lipinski definition) is 1. The smallest absolute Gasteiger partial charge is 0.238 e. The van der Waals surface area contributed by atoms with E-state index in [2.05, 4.69) is 44.0 Å². The van der Waals surface area contributed by atoms with E-state index in [0.29, 0.717) is 12.5 Å². The largest absolute Gasteiger partial charge is 0.373 e. The van der Waals surface area contributed by atoms with Crippen molar-refractivity contribution in [1.82, 2.24) is 4.90 Å². The second kappa shape index (κ2) is 7.05. The molecular weight excluding hydrogens is 264 g/mol. The lowest BCUT2D eigenvalue weighted by atomic mass is 10.0. The second-order valence-corrected chi connectivity index (χ2v) is 6.24. The third-order valence-corrected chi connectivity index (χ3v) is 3.72. The van der Waals surface area contributed by atoms with Crippen LogP contribution >= 0.6 is 0 Å². The molecule has 4 heteroatoms. The summed E-state index contributed by atoms with van der Waals surface area (Å²) in [6, 6.07) is 8.01. The van der Waals surface area contributed by atoms with E-state index in [0.717, 1.165) is 18.8 Å². The minimum absolute atomic E-state index is 0.0457. The Morgan fingerprint density at radius 2 is 1.90 bits per heavy atom. The van der Waals surface area contributed by atoms with E-state index in [9.17, 15) is 4.79 Å². The molecule has 1 fully saturated rings. The zero-order valence-corrected chi connectivity index (χ0v) is 13.4. The monoisotopic (exact) mass is 290 g/mol. The number of hydrogen-bond acceptors (Lipinski definition) is 3. The Labute approximate surface area is 127 Å². The summed E-state index contributed by atoms with van der Waals surface area (Å²) in [5.74, 6) is 0.439. The molecule has 0 spiro atoms. The van der Waals surface area contributed by atoms with Gasteiger partial charge in [0.2, 0.25) is 5.91 Å². The first-order valence-corrected chi connectivity index (χ1v) is 7.72. The third-order valence-electron chi connectivity index (χ3n) is 3.72. The van der Waals surface area contributed by atoms with E-state index in [4.69, 9.17) is 4.74 Å². The predicted octanol–water partition coefficient (Wildman–Crippen LogP) is 2.86. The molecule has 1 aliphatic heterocycles. The summed E-state index contributed by atoms with van der Waals surface area (Å²) in [5, 5.41) is 3.05. The molecule has 0 aliphatic carbocycles. The van der Waals surface area contributed by atoms with Gasteiger partial charge in [0.25, 0.3) is 0 Å². The average Bonchev–Trinajstić information content (AvgIpc) is 2.37. The van der Waals surface area contributed by atoms with Gasteiger partial charge in [-0.3, -0.25) is 9.69 Å². The number of amides is 1. The van der Waals surface area contributed by atoms with Crippen molar-refractivity contribution in [2.45, 2.75) is 45.8 Å². The second-order valence-electron chi connectivity index (χ2n) is 6.24. The molecule has 0 unspecified atom stereocenters. The fourth-order valence-corrected chi connectivity index (χ4v) is 2.92. The van der Waals surface area contributed by atoms with Gasteiger partial charge in [-0.25, -0.2) is 0 Å².